The predicted molar refractivity (Wildman–Crippen MR) is 95.8 cm³/mol. The summed E-state index contributed by atoms with van der Waals surface area (Å²) in [5.74, 6) is 0.840. The fourth-order valence-electron chi connectivity index (χ4n) is 2.50. The molecule has 1 aliphatic rings. The molecule has 0 saturated carbocycles. The summed E-state index contributed by atoms with van der Waals surface area (Å²) in [5.41, 5.74) is 2.29. The quantitative estimate of drug-likeness (QED) is 0.787. The zero-order valence-corrected chi connectivity index (χ0v) is 14.3. The Bertz CT molecular complexity index is 649. The van der Waals surface area contributed by atoms with Crippen LogP contribution in [0.25, 0.3) is 6.08 Å². The normalized spacial score (nSPS) is 17.9. The van der Waals surface area contributed by atoms with Gasteiger partial charge >= 0.3 is 0 Å². The van der Waals surface area contributed by atoms with E-state index in [2.05, 4.69) is 32.1 Å². The summed E-state index contributed by atoms with van der Waals surface area (Å²) >= 11 is 0. The number of hydrogen-bond donors (Lipinski definition) is 0. The average Bonchev–Trinajstić information content (AvgIpc) is 2.60. The van der Waals surface area contributed by atoms with Crippen LogP contribution < -0.4 is 4.74 Å². The van der Waals surface area contributed by atoms with Gasteiger partial charge < -0.3 is 14.2 Å². The molecule has 2 aromatic carbocycles. The van der Waals surface area contributed by atoms with E-state index in [0.717, 1.165) is 11.3 Å². The van der Waals surface area contributed by atoms with Crippen molar-refractivity contribution in [3.8, 4) is 5.75 Å². The molecule has 1 aliphatic heterocycles. The first kappa shape index (κ1) is 16.7. The van der Waals surface area contributed by atoms with Crippen LogP contribution in [0.4, 0.5) is 0 Å². The van der Waals surface area contributed by atoms with Crippen LogP contribution in [-0.2, 0) is 9.47 Å². The summed E-state index contributed by atoms with van der Waals surface area (Å²) in [7, 11) is 0. The second kappa shape index (κ2) is 7.65. The molecule has 0 spiro atoms. The van der Waals surface area contributed by atoms with Gasteiger partial charge in [-0.3, -0.25) is 0 Å². The van der Waals surface area contributed by atoms with Crippen LogP contribution in [0.15, 0.2) is 60.7 Å². The third-order valence-corrected chi connectivity index (χ3v) is 3.86. The molecular formula is C21H24O3. The summed E-state index contributed by atoms with van der Waals surface area (Å²) in [5, 5.41) is 0. The molecule has 1 heterocycles. The van der Waals surface area contributed by atoms with E-state index >= 15 is 0 Å². The first-order valence-corrected chi connectivity index (χ1v) is 8.30. The van der Waals surface area contributed by atoms with Gasteiger partial charge in [-0.1, -0.05) is 62.4 Å². The highest BCUT2D eigenvalue weighted by molar-refractivity contribution is 5.48. The molecule has 0 atom stereocenters. The molecule has 0 N–H and O–H groups in total. The highest BCUT2D eigenvalue weighted by Crippen LogP contribution is 2.31. The lowest BCUT2D eigenvalue weighted by molar-refractivity contribution is -0.226. The van der Waals surface area contributed by atoms with Crippen molar-refractivity contribution in [3.63, 3.8) is 0 Å². The topological polar surface area (TPSA) is 27.7 Å². The third kappa shape index (κ3) is 4.70. The third-order valence-electron chi connectivity index (χ3n) is 3.86. The van der Waals surface area contributed by atoms with Gasteiger partial charge in [0.15, 0.2) is 6.29 Å². The molecule has 0 bridgehead atoms. The standard InChI is InChI=1S/C21H24O3/c1-21(2)15-23-20(24-16-21)18-10-12-19(13-11-18)22-14-6-9-17-7-4-3-5-8-17/h3-13,20H,14-16H2,1-2H3. The maximum Gasteiger partial charge on any atom is 0.183 e. The fraction of sp³-hybridized carbons (Fsp3) is 0.333. The first-order valence-electron chi connectivity index (χ1n) is 8.30. The SMILES string of the molecule is CC1(C)COC(c2ccc(OCC=Cc3ccccc3)cc2)OC1. The van der Waals surface area contributed by atoms with Gasteiger partial charge in [-0.15, -0.1) is 0 Å². The van der Waals surface area contributed by atoms with E-state index in [1.807, 2.05) is 48.5 Å². The van der Waals surface area contributed by atoms with Crippen LogP contribution >= 0.6 is 0 Å². The molecule has 0 radical (unpaired) electrons. The Morgan fingerprint density at radius 2 is 1.67 bits per heavy atom. The number of benzene rings is 2. The van der Waals surface area contributed by atoms with Crippen LogP contribution in [0.1, 0.15) is 31.3 Å². The van der Waals surface area contributed by atoms with Crippen molar-refractivity contribution >= 4 is 6.08 Å². The molecule has 126 valence electrons. The fourth-order valence-corrected chi connectivity index (χ4v) is 2.50. The summed E-state index contributed by atoms with van der Waals surface area (Å²) in [6, 6.07) is 18.1. The van der Waals surface area contributed by atoms with Crippen LogP contribution in [0, 0.1) is 5.41 Å². The van der Waals surface area contributed by atoms with Gasteiger partial charge in [0.1, 0.15) is 12.4 Å². The van der Waals surface area contributed by atoms with E-state index in [9.17, 15) is 0 Å². The van der Waals surface area contributed by atoms with E-state index in [-0.39, 0.29) is 11.7 Å². The largest absolute Gasteiger partial charge is 0.490 e. The van der Waals surface area contributed by atoms with E-state index in [1.54, 1.807) is 0 Å². The maximum absolute atomic E-state index is 5.79. The first-order chi connectivity index (χ1) is 11.6. The molecule has 3 rings (SSSR count). The molecule has 24 heavy (non-hydrogen) atoms. The molecule has 0 amide bonds. The highest BCUT2D eigenvalue weighted by Gasteiger charge is 2.29. The van der Waals surface area contributed by atoms with Gasteiger partial charge in [-0.25, -0.2) is 0 Å². The van der Waals surface area contributed by atoms with Crippen molar-refractivity contribution in [2.24, 2.45) is 5.41 Å². The Balaban J connectivity index is 1.49. The summed E-state index contributed by atoms with van der Waals surface area (Å²) in [6.45, 7) is 6.24. The van der Waals surface area contributed by atoms with E-state index in [1.165, 1.54) is 5.56 Å². The second-order valence-electron chi connectivity index (χ2n) is 6.81. The zero-order chi connectivity index (χ0) is 16.8. The molecule has 1 saturated heterocycles. The Morgan fingerprint density at radius 3 is 2.33 bits per heavy atom. The molecule has 2 aromatic rings. The van der Waals surface area contributed by atoms with Gasteiger partial charge in [0.05, 0.1) is 13.2 Å². The predicted octanol–water partition coefficient (Wildman–Crippen LogP) is 4.85. The molecule has 1 fully saturated rings. The van der Waals surface area contributed by atoms with Crippen LogP contribution in [-0.4, -0.2) is 19.8 Å². The Hall–Kier alpha value is -2.10. The lowest BCUT2D eigenvalue weighted by atomic mass is 9.95. The van der Waals surface area contributed by atoms with Crippen molar-refractivity contribution in [2.45, 2.75) is 20.1 Å². The Labute approximate surface area is 143 Å². The number of hydrogen-bond acceptors (Lipinski definition) is 3. The summed E-state index contributed by atoms with van der Waals surface area (Å²) in [6.07, 6.45) is 3.79. The lowest BCUT2D eigenvalue weighted by Gasteiger charge is -2.34. The van der Waals surface area contributed by atoms with Gasteiger partial charge in [0.25, 0.3) is 0 Å². The Morgan fingerprint density at radius 1 is 1.00 bits per heavy atom. The molecule has 0 aromatic heterocycles. The zero-order valence-electron chi connectivity index (χ0n) is 14.3. The van der Waals surface area contributed by atoms with Crippen molar-refractivity contribution in [3.05, 3.63) is 71.8 Å². The molecule has 3 nitrogen and oxygen atoms in total. The second-order valence-corrected chi connectivity index (χ2v) is 6.81. The monoisotopic (exact) mass is 324 g/mol. The lowest BCUT2D eigenvalue weighted by Crippen LogP contribution is -2.33. The number of ether oxygens (including phenoxy) is 3. The van der Waals surface area contributed by atoms with Crippen LogP contribution in [0.2, 0.25) is 0 Å². The van der Waals surface area contributed by atoms with Crippen LogP contribution in [0.3, 0.4) is 0 Å². The van der Waals surface area contributed by atoms with Crippen molar-refractivity contribution in [1.29, 1.82) is 0 Å². The van der Waals surface area contributed by atoms with Gasteiger partial charge in [-0.05, 0) is 23.8 Å². The molecular weight excluding hydrogens is 300 g/mol. The average molecular weight is 324 g/mol. The van der Waals surface area contributed by atoms with Crippen molar-refractivity contribution < 1.29 is 14.2 Å². The van der Waals surface area contributed by atoms with Gasteiger partial charge in [0.2, 0.25) is 0 Å². The molecule has 3 heteroatoms. The minimum Gasteiger partial charge on any atom is -0.490 e. The molecule has 0 aliphatic carbocycles. The maximum atomic E-state index is 5.79. The van der Waals surface area contributed by atoms with Crippen molar-refractivity contribution in [2.75, 3.05) is 19.8 Å². The van der Waals surface area contributed by atoms with Crippen LogP contribution in [0.5, 0.6) is 5.75 Å². The Kier molecular flexibility index (Phi) is 5.34. The van der Waals surface area contributed by atoms with Gasteiger partial charge in [0, 0.05) is 11.0 Å². The van der Waals surface area contributed by atoms with E-state index < -0.39 is 0 Å². The minimum atomic E-state index is -0.273. The minimum absolute atomic E-state index is 0.0879. The summed E-state index contributed by atoms with van der Waals surface area (Å²) < 4.78 is 17.3. The van der Waals surface area contributed by atoms with E-state index in [4.69, 9.17) is 14.2 Å². The summed E-state index contributed by atoms with van der Waals surface area (Å²) in [4.78, 5) is 0. The van der Waals surface area contributed by atoms with Crippen molar-refractivity contribution in [1.82, 2.24) is 0 Å². The number of rotatable bonds is 5. The highest BCUT2D eigenvalue weighted by atomic mass is 16.7. The van der Waals surface area contributed by atoms with Gasteiger partial charge in [-0.2, -0.15) is 0 Å². The smallest absolute Gasteiger partial charge is 0.183 e. The van der Waals surface area contributed by atoms with E-state index in [0.29, 0.717) is 19.8 Å². The molecule has 0 unspecified atom stereocenters.